The van der Waals surface area contributed by atoms with Crippen molar-refractivity contribution in [1.82, 2.24) is 0 Å². The van der Waals surface area contributed by atoms with Gasteiger partial charge in [-0.2, -0.15) is 0 Å². The summed E-state index contributed by atoms with van der Waals surface area (Å²) in [5.74, 6) is 0.0411. The van der Waals surface area contributed by atoms with Crippen LogP contribution in [-0.2, 0) is 11.3 Å². The maximum atomic E-state index is 12.0. The van der Waals surface area contributed by atoms with Crippen molar-refractivity contribution in [1.29, 1.82) is 0 Å². The zero-order chi connectivity index (χ0) is 15.1. The smallest absolute Gasteiger partial charge is 0.279 e. The van der Waals surface area contributed by atoms with Gasteiger partial charge in [0.1, 0.15) is 6.54 Å². The molecular formula is C17H21N2OS+. The summed E-state index contributed by atoms with van der Waals surface area (Å²) in [4.78, 5) is 14.4. The molecule has 0 aliphatic heterocycles. The van der Waals surface area contributed by atoms with Crippen LogP contribution in [0.25, 0.3) is 0 Å². The first-order valence-electron chi connectivity index (χ1n) is 6.96. The Balaban J connectivity index is 1.83. The summed E-state index contributed by atoms with van der Waals surface area (Å²) in [5, 5.41) is 2.91. The van der Waals surface area contributed by atoms with E-state index < -0.39 is 0 Å². The Morgan fingerprint density at radius 2 is 1.76 bits per heavy atom. The maximum Gasteiger partial charge on any atom is 0.279 e. The van der Waals surface area contributed by atoms with Gasteiger partial charge in [-0.25, -0.2) is 0 Å². The van der Waals surface area contributed by atoms with E-state index in [0.29, 0.717) is 6.54 Å². The Labute approximate surface area is 130 Å². The fourth-order valence-corrected chi connectivity index (χ4v) is 2.56. The van der Waals surface area contributed by atoms with E-state index in [2.05, 4.69) is 35.8 Å². The first kappa shape index (κ1) is 15.6. The fourth-order valence-electron chi connectivity index (χ4n) is 2.16. The number of benzene rings is 2. The van der Waals surface area contributed by atoms with Crippen molar-refractivity contribution < 1.29 is 9.69 Å². The minimum Gasteiger partial charge on any atom is -0.326 e. The average Bonchev–Trinajstić information content (AvgIpc) is 2.48. The van der Waals surface area contributed by atoms with E-state index >= 15 is 0 Å². The quantitative estimate of drug-likeness (QED) is 0.801. The van der Waals surface area contributed by atoms with Crippen LogP contribution in [0.1, 0.15) is 5.56 Å². The van der Waals surface area contributed by atoms with Crippen molar-refractivity contribution in [2.45, 2.75) is 11.4 Å². The number of nitrogens with one attached hydrogen (secondary N) is 2. The van der Waals surface area contributed by atoms with Crippen LogP contribution in [0.5, 0.6) is 0 Å². The van der Waals surface area contributed by atoms with Gasteiger partial charge in [-0.15, -0.1) is 11.8 Å². The number of thioether (sulfide) groups is 1. The van der Waals surface area contributed by atoms with Crippen LogP contribution in [0.2, 0.25) is 0 Å². The van der Waals surface area contributed by atoms with Gasteiger partial charge in [0.15, 0.2) is 6.54 Å². The highest BCUT2D eigenvalue weighted by Gasteiger charge is 2.10. The van der Waals surface area contributed by atoms with Crippen molar-refractivity contribution in [2.24, 2.45) is 0 Å². The number of carbonyl (C=O) groups excluding carboxylic acids is 1. The summed E-state index contributed by atoms with van der Waals surface area (Å²) >= 11 is 1.74. The molecule has 2 rings (SSSR count). The van der Waals surface area contributed by atoms with Crippen LogP contribution < -0.4 is 10.2 Å². The monoisotopic (exact) mass is 301 g/mol. The maximum absolute atomic E-state index is 12.0. The number of para-hydroxylation sites is 1. The third kappa shape index (κ3) is 5.25. The predicted molar refractivity (Wildman–Crippen MR) is 88.8 cm³/mol. The van der Waals surface area contributed by atoms with Gasteiger partial charge in [0.25, 0.3) is 5.91 Å². The Bertz CT molecular complexity index is 569. The molecule has 0 heterocycles. The largest absolute Gasteiger partial charge is 0.326 e. The molecule has 0 saturated carbocycles. The predicted octanol–water partition coefficient (Wildman–Crippen LogP) is 2.06. The van der Waals surface area contributed by atoms with Gasteiger partial charge < -0.3 is 10.2 Å². The van der Waals surface area contributed by atoms with E-state index in [-0.39, 0.29) is 5.91 Å². The van der Waals surface area contributed by atoms with Crippen LogP contribution in [0.4, 0.5) is 5.69 Å². The Morgan fingerprint density at radius 1 is 1.10 bits per heavy atom. The molecule has 1 unspecified atom stereocenters. The highest BCUT2D eigenvalue weighted by atomic mass is 32.2. The van der Waals surface area contributed by atoms with E-state index in [4.69, 9.17) is 0 Å². The number of hydrogen-bond acceptors (Lipinski definition) is 2. The lowest BCUT2D eigenvalue weighted by Gasteiger charge is -2.14. The molecule has 0 radical (unpaired) electrons. The second-order valence-corrected chi connectivity index (χ2v) is 5.95. The molecule has 3 nitrogen and oxygen atoms in total. The zero-order valence-corrected chi connectivity index (χ0v) is 13.2. The van der Waals surface area contributed by atoms with Crippen LogP contribution in [-0.4, -0.2) is 25.8 Å². The van der Waals surface area contributed by atoms with Crippen LogP contribution in [0, 0.1) is 0 Å². The van der Waals surface area contributed by atoms with Gasteiger partial charge in [-0.1, -0.05) is 30.3 Å². The van der Waals surface area contributed by atoms with E-state index in [1.54, 1.807) is 11.8 Å². The molecule has 0 saturated heterocycles. The first-order valence-corrected chi connectivity index (χ1v) is 8.19. The number of amides is 1. The third-order valence-electron chi connectivity index (χ3n) is 3.18. The van der Waals surface area contributed by atoms with Gasteiger partial charge in [0.05, 0.1) is 7.05 Å². The number of anilines is 1. The molecule has 2 aromatic rings. The molecule has 0 fully saturated rings. The Kier molecular flexibility index (Phi) is 5.84. The Hall–Kier alpha value is -1.78. The second-order valence-electron chi connectivity index (χ2n) is 5.07. The number of rotatable bonds is 6. The third-order valence-corrected chi connectivity index (χ3v) is 3.93. The number of likely N-dealkylation sites (N-methyl/N-ethyl adjacent to an activating group) is 1. The minimum atomic E-state index is 0.0411. The van der Waals surface area contributed by atoms with Crippen LogP contribution >= 0.6 is 11.8 Å². The van der Waals surface area contributed by atoms with Gasteiger partial charge in [0, 0.05) is 16.1 Å². The average molecular weight is 301 g/mol. The van der Waals surface area contributed by atoms with Gasteiger partial charge in [-0.05, 0) is 30.5 Å². The molecule has 1 amide bonds. The lowest BCUT2D eigenvalue weighted by Crippen LogP contribution is -3.08. The lowest BCUT2D eigenvalue weighted by atomic mass is 10.2. The van der Waals surface area contributed by atoms with Gasteiger partial charge >= 0.3 is 0 Å². The van der Waals surface area contributed by atoms with Crippen LogP contribution in [0.15, 0.2) is 59.5 Å². The van der Waals surface area contributed by atoms with Crippen molar-refractivity contribution in [3.05, 3.63) is 60.2 Å². The van der Waals surface area contributed by atoms with E-state index in [9.17, 15) is 4.79 Å². The normalized spacial score (nSPS) is 11.9. The number of quaternary nitrogens is 1. The SMILES string of the molecule is CSc1ccc(C[NH+](C)CC(=O)Nc2ccccc2)cc1. The minimum absolute atomic E-state index is 0.0411. The summed E-state index contributed by atoms with van der Waals surface area (Å²) in [5.41, 5.74) is 2.09. The van der Waals surface area contributed by atoms with E-state index in [0.717, 1.165) is 12.2 Å². The fraction of sp³-hybridized carbons (Fsp3) is 0.235. The van der Waals surface area contributed by atoms with Gasteiger partial charge in [-0.3, -0.25) is 4.79 Å². The summed E-state index contributed by atoms with van der Waals surface area (Å²) in [6.07, 6.45) is 2.07. The molecule has 0 spiro atoms. The molecule has 2 N–H and O–H groups in total. The molecule has 0 aliphatic rings. The van der Waals surface area contributed by atoms with Crippen molar-refractivity contribution in [3.63, 3.8) is 0 Å². The second kappa shape index (κ2) is 7.86. The summed E-state index contributed by atoms with van der Waals surface area (Å²) in [7, 11) is 2.03. The molecule has 0 bridgehead atoms. The molecule has 2 aromatic carbocycles. The molecule has 1 atom stereocenters. The molecule has 110 valence electrons. The summed E-state index contributed by atoms with van der Waals surface area (Å²) in [6.45, 7) is 1.30. The number of carbonyl (C=O) groups is 1. The summed E-state index contributed by atoms with van der Waals surface area (Å²) < 4.78 is 0. The van der Waals surface area contributed by atoms with Gasteiger partial charge in [0.2, 0.25) is 0 Å². The topological polar surface area (TPSA) is 33.5 Å². The standard InChI is InChI=1S/C17H20N2OS/c1-19(12-14-8-10-16(21-2)11-9-14)13-17(20)18-15-6-4-3-5-7-15/h3-11H,12-13H2,1-2H3,(H,18,20)/p+1. The Morgan fingerprint density at radius 3 is 2.38 bits per heavy atom. The van der Waals surface area contributed by atoms with Crippen molar-refractivity contribution in [3.8, 4) is 0 Å². The van der Waals surface area contributed by atoms with Crippen LogP contribution in [0.3, 0.4) is 0 Å². The lowest BCUT2D eigenvalue weighted by molar-refractivity contribution is -0.885. The van der Waals surface area contributed by atoms with Crippen molar-refractivity contribution in [2.75, 3.05) is 25.2 Å². The van der Waals surface area contributed by atoms with E-state index in [1.165, 1.54) is 15.4 Å². The molecular weight excluding hydrogens is 280 g/mol. The zero-order valence-electron chi connectivity index (χ0n) is 12.4. The molecule has 0 aliphatic carbocycles. The summed E-state index contributed by atoms with van der Waals surface area (Å²) in [6, 6.07) is 18.1. The highest BCUT2D eigenvalue weighted by molar-refractivity contribution is 7.98. The highest BCUT2D eigenvalue weighted by Crippen LogP contribution is 2.14. The van der Waals surface area contributed by atoms with Crippen molar-refractivity contribution >= 4 is 23.4 Å². The number of hydrogen-bond donors (Lipinski definition) is 2. The molecule has 0 aromatic heterocycles. The first-order chi connectivity index (χ1) is 10.2. The molecule has 21 heavy (non-hydrogen) atoms. The molecule has 4 heteroatoms. The van der Waals surface area contributed by atoms with E-state index in [1.807, 2.05) is 37.4 Å².